The van der Waals surface area contributed by atoms with Crippen LogP contribution in [-0.2, 0) is 27.9 Å². The third-order valence-corrected chi connectivity index (χ3v) is 13.0. The van der Waals surface area contributed by atoms with Crippen LogP contribution in [0.15, 0.2) is 97.2 Å². The summed E-state index contributed by atoms with van der Waals surface area (Å²) in [5.74, 6) is -0.629. The maximum absolute atomic E-state index is 13.5. The van der Waals surface area contributed by atoms with Gasteiger partial charge in [0.1, 0.15) is 19.3 Å². The fourth-order valence-electron chi connectivity index (χ4n) is 7.61. The number of phosphoric ester groups is 1. The molecular weight excluding hydrogens is 904 g/mol. The minimum Gasteiger partial charge on any atom is -0.756 e. The number of amides is 1. The normalized spacial score (nSPS) is 14.5. The lowest BCUT2D eigenvalue weighted by Crippen LogP contribution is -2.47. The average molecular weight is 1010 g/mol. The number of allylic oxidation sites excluding steroid dienone is 15. The van der Waals surface area contributed by atoms with Crippen LogP contribution in [0.5, 0.6) is 0 Å². The van der Waals surface area contributed by atoms with Gasteiger partial charge in [-0.25, -0.2) is 0 Å². The molecule has 0 aromatic heterocycles. The maximum Gasteiger partial charge on any atom is 0.306 e. The van der Waals surface area contributed by atoms with Crippen molar-refractivity contribution in [2.24, 2.45) is 0 Å². The number of esters is 1. The summed E-state index contributed by atoms with van der Waals surface area (Å²) in [5.41, 5.74) is 0. The van der Waals surface area contributed by atoms with Crippen LogP contribution in [0.4, 0.5) is 0 Å². The van der Waals surface area contributed by atoms with E-state index in [9.17, 15) is 19.0 Å². The molecule has 0 spiro atoms. The summed E-state index contributed by atoms with van der Waals surface area (Å²) in [5, 5.41) is 3.00. The number of hydrogen-bond donors (Lipinski definition) is 1. The van der Waals surface area contributed by atoms with Crippen LogP contribution in [0.1, 0.15) is 226 Å². The number of hydrogen-bond acceptors (Lipinski definition) is 7. The summed E-state index contributed by atoms with van der Waals surface area (Å²) in [4.78, 5) is 39.8. The third kappa shape index (κ3) is 51.6. The minimum atomic E-state index is -4.72. The second-order valence-electron chi connectivity index (χ2n) is 20.1. The Balaban J connectivity index is 5.51. The molecule has 0 radical (unpaired) electrons. The quantitative estimate of drug-likeness (QED) is 0.0161. The average Bonchev–Trinajstić information content (AvgIpc) is 3.33. The van der Waals surface area contributed by atoms with E-state index in [0.717, 1.165) is 103 Å². The molecule has 0 aromatic rings. The van der Waals surface area contributed by atoms with Crippen LogP contribution in [-0.4, -0.2) is 69.4 Å². The van der Waals surface area contributed by atoms with E-state index in [0.29, 0.717) is 23.9 Å². The number of rotatable bonds is 50. The Morgan fingerprint density at radius 1 is 0.521 bits per heavy atom. The van der Waals surface area contributed by atoms with Gasteiger partial charge in [-0.2, -0.15) is 0 Å². The highest BCUT2D eigenvalue weighted by Gasteiger charge is 2.27. The molecule has 1 amide bonds. The number of nitrogens with zero attached hydrogens (tertiary/aromatic N) is 1. The van der Waals surface area contributed by atoms with E-state index >= 15 is 0 Å². The summed E-state index contributed by atoms with van der Waals surface area (Å²) >= 11 is 0. The highest BCUT2D eigenvalue weighted by Crippen LogP contribution is 2.38. The summed E-state index contributed by atoms with van der Waals surface area (Å²) in [6.07, 6.45) is 66.6. The van der Waals surface area contributed by atoms with Gasteiger partial charge in [0.05, 0.1) is 33.8 Å². The fourth-order valence-corrected chi connectivity index (χ4v) is 8.33. The van der Waals surface area contributed by atoms with Crippen molar-refractivity contribution in [3.8, 4) is 0 Å². The first-order valence-corrected chi connectivity index (χ1v) is 30.0. The standard InChI is InChI=1S/C61H107N2O7P/c1-7-10-13-16-19-22-25-28-30-31-33-36-39-42-45-48-51-54-61(65)70-59(52-49-46-43-40-37-34-27-24-21-18-15-12-9-3)58(57-69-71(66,67)68-56-55-63(4,5)6)62-60(64)53-50-47-44-41-38-35-32-29-26-23-20-17-14-11-8-2/h10,13,19-20,22-23,26,28-30,33,36,42,45,49,52,58-59H,7-9,11-12,14-18,21,24-25,27,31-32,34-35,37-41,43-44,46-48,50-51,53-57H2,1-6H3,(H-,62,64,66,67)/b13-10-,22-19-,23-20+,29-26+,30-28-,36-33-,45-42-,52-49+. The van der Waals surface area contributed by atoms with Crippen molar-refractivity contribution in [2.45, 2.75) is 238 Å². The Hall–Kier alpha value is -3.07. The monoisotopic (exact) mass is 1010 g/mol. The van der Waals surface area contributed by atoms with Gasteiger partial charge in [0.2, 0.25) is 5.91 Å². The van der Waals surface area contributed by atoms with Crippen LogP contribution >= 0.6 is 7.82 Å². The van der Waals surface area contributed by atoms with Gasteiger partial charge < -0.3 is 28.5 Å². The van der Waals surface area contributed by atoms with Crippen molar-refractivity contribution < 1.29 is 37.3 Å². The number of nitrogens with one attached hydrogen (secondary N) is 1. The molecule has 71 heavy (non-hydrogen) atoms. The summed E-state index contributed by atoms with van der Waals surface area (Å²) < 4.78 is 30.2. The minimum absolute atomic E-state index is 0.0380. The number of quaternary nitrogens is 1. The van der Waals surface area contributed by atoms with Gasteiger partial charge in [-0.05, 0) is 96.0 Å². The number of ether oxygens (including phenoxy) is 1. The van der Waals surface area contributed by atoms with Gasteiger partial charge in [-0.1, -0.05) is 215 Å². The van der Waals surface area contributed by atoms with Crippen molar-refractivity contribution in [1.82, 2.24) is 5.32 Å². The molecular formula is C61H107N2O7P. The molecule has 3 unspecified atom stereocenters. The second kappa shape index (κ2) is 50.5. The zero-order valence-corrected chi connectivity index (χ0v) is 47.3. The lowest BCUT2D eigenvalue weighted by molar-refractivity contribution is -0.870. The van der Waals surface area contributed by atoms with Crippen molar-refractivity contribution in [3.05, 3.63) is 97.2 Å². The van der Waals surface area contributed by atoms with E-state index in [-0.39, 0.29) is 25.4 Å². The van der Waals surface area contributed by atoms with Crippen LogP contribution in [0.2, 0.25) is 0 Å². The molecule has 3 atom stereocenters. The fraction of sp³-hybridized carbons (Fsp3) is 0.705. The highest BCUT2D eigenvalue weighted by molar-refractivity contribution is 7.45. The van der Waals surface area contributed by atoms with E-state index in [1.807, 2.05) is 27.2 Å². The number of likely N-dealkylation sites (N-methyl/N-ethyl adjacent to an activating group) is 1. The van der Waals surface area contributed by atoms with Gasteiger partial charge in [0.15, 0.2) is 0 Å². The van der Waals surface area contributed by atoms with E-state index in [2.05, 4.69) is 111 Å². The third-order valence-electron chi connectivity index (χ3n) is 12.0. The smallest absolute Gasteiger partial charge is 0.306 e. The Kier molecular flexibility index (Phi) is 48.3. The second-order valence-corrected chi connectivity index (χ2v) is 21.5. The molecule has 0 heterocycles. The SMILES string of the molecule is CC/C=C\C/C=C\C/C=C\C/C=C\C/C=C\CCCC(=O)OC(/C=C/CCCCCCCCCCCCC)C(COP(=O)([O-])OCC[N+](C)(C)C)NC(=O)CCCCCCCC/C=C/C=C/CCCCC. The van der Waals surface area contributed by atoms with Gasteiger partial charge in [-0.15, -0.1) is 0 Å². The first-order chi connectivity index (χ1) is 34.4. The predicted octanol–water partition coefficient (Wildman–Crippen LogP) is 16.6. The van der Waals surface area contributed by atoms with Gasteiger partial charge in [-0.3, -0.25) is 14.2 Å². The van der Waals surface area contributed by atoms with E-state index < -0.39 is 32.5 Å². The Morgan fingerprint density at radius 2 is 0.958 bits per heavy atom. The largest absolute Gasteiger partial charge is 0.756 e. The Bertz CT molecular complexity index is 1540. The molecule has 0 bridgehead atoms. The number of unbranched alkanes of at least 4 members (excludes halogenated alkanes) is 21. The Morgan fingerprint density at radius 3 is 1.48 bits per heavy atom. The van der Waals surface area contributed by atoms with E-state index in [4.69, 9.17) is 13.8 Å². The molecule has 0 aliphatic heterocycles. The van der Waals surface area contributed by atoms with Gasteiger partial charge in [0, 0.05) is 12.8 Å². The van der Waals surface area contributed by atoms with Crippen LogP contribution in [0, 0.1) is 0 Å². The maximum atomic E-state index is 13.5. The molecule has 0 fully saturated rings. The molecule has 1 N–H and O–H groups in total. The topological polar surface area (TPSA) is 114 Å². The lowest BCUT2D eigenvalue weighted by atomic mass is 10.0. The summed E-state index contributed by atoms with van der Waals surface area (Å²) in [7, 11) is 1.13. The van der Waals surface area contributed by atoms with E-state index in [1.165, 1.54) is 77.0 Å². The highest BCUT2D eigenvalue weighted by atomic mass is 31.2. The molecule has 0 aliphatic rings. The molecule has 0 saturated carbocycles. The van der Waals surface area contributed by atoms with Crippen LogP contribution < -0.4 is 10.2 Å². The zero-order chi connectivity index (χ0) is 52.2. The van der Waals surface area contributed by atoms with Crippen molar-refractivity contribution in [3.63, 3.8) is 0 Å². The van der Waals surface area contributed by atoms with Crippen LogP contribution in [0.3, 0.4) is 0 Å². The van der Waals surface area contributed by atoms with Crippen molar-refractivity contribution in [2.75, 3.05) is 40.9 Å². The van der Waals surface area contributed by atoms with Gasteiger partial charge in [0.25, 0.3) is 7.82 Å². The van der Waals surface area contributed by atoms with Crippen LogP contribution in [0.25, 0.3) is 0 Å². The first-order valence-electron chi connectivity index (χ1n) is 28.6. The molecule has 9 nitrogen and oxygen atoms in total. The van der Waals surface area contributed by atoms with Crippen molar-refractivity contribution >= 4 is 19.7 Å². The zero-order valence-electron chi connectivity index (χ0n) is 46.4. The molecule has 10 heteroatoms. The van der Waals surface area contributed by atoms with Crippen molar-refractivity contribution in [1.29, 1.82) is 0 Å². The molecule has 0 rings (SSSR count). The molecule has 408 valence electrons. The first kappa shape index (κ1) is 67.9. The number of carbonyl (C=O) groups is 2. The molecule has 0 aliphatic carbocycles. The lowest BCUT2D eigenvalue weighted by Gasteiger charge is -2.30. The number of phosphoric acid groups is 1. The summed E-state index contributed by atoms with van der Waals surface area (Å²) in [6, 6.07) is -0.922. The molecule has 0 aromatic carbocycles. The number of carbonyl (C=O) groups excluding carboxylic acids is 2. The predicted molar refractivity (Wildman–Crippen MR) is 302 cm³/mol. The summed E-state index contributed by atoms with van der Waals surface area (Å²) in [6.45, 7) is 6.63. The van der Waals surface area contributed by atoms with Gasteiger partial charge >= 0.3 is 5.97 Å². The Labute approximate surface area is 437 Å². The molecule has 0 saturated heterocycles. The van der Waals surface area contributed by atoms with E-state index in [1.54, 1.807) is 6.08 Å².